The van der Waals surface area contributed by atoms with E-state index >= 15 is 0 Å². The fourth-order valence-electron chi connectivity index (χ4n) is 3.37. The van der Waals surface area contributed by atoms with Gasteiger partial charge in [-0.1, -0.05) is 30.2 Å². The van der Waals surface area contributed by atoms with Crippen molar-refractivity contribution in [1.29, 1.82) is 0 Å². The Morgan fingerprint density at radius 1 is 1.35 bits per heavy atom. The molecule has 1 fully saturated rings. The number of hydrogen-bond donors (Lipinski definition) is 2. The Balaban J connectivity index is 1.79. The molecule has 6 heteroatoms. The van der Waals surface area contributed by atoms with Crippen LogP contribution in [0.5, 0.6) is 0 Å². The summed E-state index contributed by atoms with van der Waals surface area (Å²) in [6, 6.07) is 7.37. The van der Waals surface area contributed by atoms with Crippen molar-refractivity contribution in [2.75, 3.05) is 6.61 Å². The Kier molecular flexibility index (Phi) is 5.02. The second kappa shape index (κ2) is 7.37. The molecule has 2 aromatic rings. The standard InChI is InChI=1S/C17H22N4O2/c22-12-9-15(13-5-1-2-6-13)19-17(23)14-7-3-4-8-16(14)21-11-10-18-20-21/h3-4,7-8,10-11,13,15,22H,1-2,5-6,9,12H2,(H,19,23). The summed E-state index contributed by atoms with van der Waals surface area (Å²) in [4.78, 5) is 12.7. The summed E-state index contributed by atoms with van der Waals surface area (Å²) in [5, 5.41) is 20.2. The molecule has 122 valence electrons. The number of nitrogens with zero attached hydrogens (tertiary/aromatic N) is 3. The lowest BCUT2D eigenvalue weighted by molar-refractivity contribution is 0.0911. The van der Waals surface area contributed by atoms with Crippen LogP contribution in [0.3, 0.4) is 0 Å². The first-order valence-corrected chi connectivity index (χ1v) is 8.17. The number of amides is 1. The number of aromatic nitrogens is 3. The van der Waals surface area contributed by atoms with Crippen molar-refractivity contribution in [1.82, 2.24) is 20.3 Å². The lowest BCUT2D eigenvalue weighted by Crippen LogP contribution is -2.40. The van der Waals surface area contributed by atoms with E-state index in [1.165, 1.54) is 12.8 Å². The minimum absolute atomic E-state index is 0.0267. The van der Waals surface area contributed by atoms with Crippen molar-refractivity contribution in [3.8, 4) is 5.69 Å². The van der Waals surface area contributed by atoms with Gasteiger partial charge in [0.05, 0.1) is 23.6 Å². The van der Waals surface area contributed by atoms with Crippen LogP contribution in [0.1, 0.15) is 42.5 Å². The van der Waals surface area contributed by atoms with E-state index in [1.54, 1.807) is 23.1 Å². The summed E-state index contributed by atoms with van der Waals surface area (Å²) >= 11 is 0. The summed E-state index contributed by atoms with van der Waals surface area (Å²) in [6.45, 7) is 0.0895. The maximum absolute atomic E-state index is 12.7. The molecule has 0 spiro atoms. The molecule has 1 atom stereocenters. The Hall–Kier alpha value is -2.21. The number of carbonyl (C=O) groups excluding carboxylic acids is 1. The Bertz CT molecular complexity index is 636. The van der Waals surface area contributed by atoms with Crippen LogP contribution in [-0.4, -0.2) is 38.7 Å². The molecule has 0 saturated heterocycles. The van der Waals surface area contributed by atoms with E-state index in [-0.39, 0.29) is 18.6 Å². The molecule has 0 aliphatic heterocycles. The van der Waals surface area contributed by atoms with Gasteiger partial charge in [-0.15, -0.1) is 5.10 Å². The van der Waals surface area contributed by atoms with Gasteiger partial charge in [-0.25, -0.2) is 4.68 Å². The van der Waals surface area contributed by atoms with Crippen molar-refractivity contribution in [3.63, 3.8) is 0 Å². The molecule has 1 amide bonds. The molecule has 23 heavy (non-hydrogen) atoms. The van der Waals surface area contributed by atoms with Gasteiger partial charge in [0.2, 0.25) is 0 Å². The second-order valence-corrected chi connectivity index (χ2v) is 6.00. The number of carbonyl (C=O) groups is 1. The molecule has 1 unspecified atom stereocenters. The van der Waals surface area contributed by atoms with Crippen LogP contribution in [-0.2, 0) is 0 Å². The molecular weight excluding hydrogens is 292 g/mol. The molecule has 1 aromatic heterocycles. The van der Waals surface area contributed by atoms with E-state index in [0.29, 0.717) is 23.6 Å². The van der Waals surface area contributed by atoms with E-state index < -0.39 is 0 Å². The molecule has 1 heterocycles. The lowest BCUT2D eigenvalue weighted by Gasteiger charge is -2.24. The van der Waals surface area contributed by atoms with Gasteiger partial charge in [-0.2, -0.15) is 0 Å². The number of benzene rings is 1. The van der Waals surface area contributed by atoms with E-state index in [9.17, 15) is 9.90 Å². The van der Waals surface area contributed by atoms with E-state index in [2.05, 4.69) is 15.6 Å². The van der Waals surface area contributed by atoms with Gasteiger partial charge in [0.15, 0.2) is 0 Å². The second-order valence-electron chi connectivity index (χ2n) is 6.00. The molecule has 3 rings (SSSR count). The zero-order valence-electron chi connectivity index (χ0n) is 13.1. The minimum Gasteiger partial charge on any atom is -0.396 e. The smallest absolute Gasteiger partial charge is 0.253 e. The van der Waals surface area contributed by atoms with Gasteiger partial charge in [-0.05, 0) is 37.3 Å². The van der Waals surface area contributed by atoms with Crippen molar-refractivity contribution in [2.24, 2.45) is 5.92 Å². The molecule has 1 aromatic carbocycles. The summed E-state index contributed by atoms with van der Waals surface area (Å²) in [6.07, 6.45) is 8.55. The number of aliphatic hydroxyl groups is 1. The first-order valence-electron chi connectivity index (χ1n) is 8.17. The van der Waals surface area contributed by atoms with Crippen LogP contribution in [0.4, 0.5) is 0 Å². The summed E-state index contributed by atoms with van der Waals surface area (Å²) in [5.74, 6) is 0.339. The van der Waals surface area contributed by atoms with Crippen LogP contribution in [0, 0.1) is 5.92 Å². The molecule has 1 aliphatic rings. The van der Waals surface area contributed by atoms with Crippen LogP contribution in [0.15, 0.2) is 36.7 Å². The molecule has 2 N–H and O–H groups in total. The van der Waals surface area contributed by atoms with Crippen molar-refractivity contribution >= 4 is 5.91 Å². The fraction of sp³-hybridized carbons (Fsp3) is 0.471. The third kappa shape index (κ3) is 3.59. The largest absolute Gasteiger partial charge is 0.396 e. The zero-order chi connectivity index (χ0) is 16.1. The third-order valence-corrected chi connectivity index (χ3v) is 4.54. The van der Waals surface area contributed by atoms with Crippen molar-refractivity contribution in [3.05, 3.63) is 42.2 Å². The van der Waals surface area contributed by atoms with Crippen LogP contribution >= 0.6 is 0 Å². The quantitative estimate of drug-likeness (QED) is 0.854. The zero-order valence-corrected chi connectivity index (χ0v) is 13.1. The lowest BCUT2D eigenvalue weighted by atomic mass is 9.95. The molecular formula is C17H22N4O2. The molecule has 6 nitrogen and oxygen atoms in total. The number of aliphatic hydroxyl groups excluding tert-OH is 1. The highest BCUT2D eigenvalue weighted by molar-refractivity contribution is 5.97. The average Bonchev–Trinajstić information content (AvgIpc) is 3.28. The first kappa shape index (κ1) is 15.7. The highest BCUT2D eigenvalue weighted by Crippen LogP contribution is 2.29. The van der Waals surface area contributed by atoms with Crippen molar-refractivity contribution in [2.45, 2.75) is 38.1 Å². The van der Waals surface area contributed by atoms with Gasteiger partial charge in [0.1, 0.15) is 0 Å². The van der Waals surface area contributed by atoms with Gasteiger partial charge in [0.25, 0.3) is 5.91 Å². The Morgan fingerprint density at radius 3 is 2.83 bits per heavy atom. The molecule has 1 saturated carbocycles. The Morgan fingerprint density at radius 2 is 2.13 bits per heavy atom. The Labute approximate surface area is 135 Å². The normalized spacial score (nSPS) is 16.4. The minimum atomic E-state index is -0.124. The maximum Gasteiger partial charge on any atom is 0.253 e. The van der Waals surface area contributed by atoms with Gasteiger partial charge >= 0.3 is 0 Å². The summed E-state index contributed by atoms with van der Waals surface area (Å²) in [7, 11) is 0. The molecule has 0 radical (unpaired) electrons. The number of para-hydroxylation sites is 1. The summed E-state index contributed by atoms with van der Waals surface area (Å²) in [5.41, 5.74) is 1.27. The molecule has 0 bridgehead atoms. The fourth-order valence-corrected chi connectivity index (χ4v) is 3.37. The number of nitrogens with one attached hydrogen (secondary N) is 1. The van der Waals surface area contributed by atoms with Crippen LogP contribution in [0.2, 0.25) is 0 Å². The van der Waals surface area contributed by atoms with Gasteiger partial charge < -0.3 is 10.4 Å². The third-order valence-electron chi connectivity index (χ3n) is 4.54. The van der Waals surface area contributed by atoms with Crippen molar-refractivity contribution < 1.29 is 9.90 Å². The predicted octanol–water partition coefficient (Wildman–Crippen LogP) is 1.94. The average molecular weight is 314 g/mol. The van der Waals surface area contributed by atoms with E-state index in [4.69, 9.17) is 0 Å². The van der Waals surface area contributed by atoms with Crippen LogP contribution < -0.4 is 5.32 Å². The first-order chi connectivity index (χ1) is 11.3. The summed E-state index contributed by atoms with van der Waals surface area (Å²) < 4.78 is 1.59. The number of hydrogen-bond acceptors (Lipinski definition) is 4. The van der Waals surface area contributed by atoms with E-state index in [1.807, 2.05) is 18.2 Å². The molecule has 1 aliphatic carbocycles. The topological polar surface area (TPSA) is 80.0 Å². The SMILES string of the molecule is O=C(NC(CCO)C1CCCC1)c1ccccc1-n1ccnn1. The highest BCUT2D eigenvalue weighted by atomic mass is 16.3. The van der Waals surface area contributed by atoms with E-state index in [0.717, 1.165) is 12.8 Å². The van der Waals surface area contributed by atoms with Gasteiger partial charge in [0, 0.05) is 12.6 Å². The maximum atomic E-state index is 12.7. The van der Waals surface area contributed by atoms with Crippen LogP contribution in [0.25, 0.3) is 5.69 Å². The highest BCUT2D eigenvalue weighted by Gasteiger charge is 2.27. The van der Waals surface area contributed by atoms with Gasteiger partial charge in [-0.3, -0.25) is 4.79 Å². The number of rotatable bonds is 6. The monoisotopic (exact) mass is 314 g/mol. The predicted molar refractivity (Wildman–Crippen MR) is 86.3 cm³/mol.